The van der Waals surface area contributed by atoms with E-state index in [2.05, 4.69) is 5.32 Å². The van der Waals surface area contributed by atoms with Crippen LogP contribution in [0, 0.1) is 18.7 Å². The Morgan fingerprint density at radius 2 is 1.63 bits per heavy atom. The third kappa shape index (κ3) is 5.18. The summed E-state index contributed by atoms with van der Waals surface area (Å²) in [5.74, 6) is -1.17. The number of carbonyl (C=O) groups excluding carboxylic acids is 3. The van der Waals surface area contributed by atoms with Gasteiger partial charge in [0.2, 0.25) is 11.8 Å². The van der Waals surface area contributed by atoms with Gasteiger partial charge in [-0.15, -0.1) is 0 Å². The molecule has 4 aliphatic rings. The minimum atomic E-state index is -0.757. The third-order valence-corrected chi connectivity index (χ3v) is 8.66. The molecule has 1 atom stereocenters. The van der Waals surface area contributed by atoms with Gasteiger partial charge in [-0.3, -0.25) is 19.7 Å². The monoisotopic (exact) mass is 531 g/mol. The molecule has 2 saturated heterocycles. The highest BCUT2D eigenvalue weighted by Gasteiger charge is 2.42. The zero-order valence-electron chi connectivity index (χ0n) is 22.5. The molecule has 208 valence electrons. The number of hydrogen-bond acceptors (Lipinski definition) is 7. The Labute approximate surface area is 222 Å². The molecule has 9 nitrogen and oxygen atoms in total. The molecule has 5 rings (SSSR count). The van der Waals surface area contributed by atoms with Crippen molar-refractivity contribution in [2.45, 2.75) is 89.4 Å². The molecule has 3 amide bonds. The van der Waals surface area contributed by atoms with Crippen LogP contribution in [0.4, 0.5) is 10.1 Å². The van der Waals surface area contributed by atoms with Crippen molar-refractivity contribution in [3.63, 3.8) is 0 Å². The van der Waals surface area contributed by atoms with Gasteiger partial charge in [-0.05, 0) is 63.5 Å². The van der Waals surface area contributed by atoms with Crippen LogP contribution in [-0.4, -0.2) is 74.5 Å². The number of benzene rings is 1. The predicted molar refractivity (Wildman–Crippen MR) is 137 cm³/mol. The quantitative estimate of drug-likeness (QED) is 0.427. The Bertz CT molecular complexity index is 1080. The number of nitrogens with one attached hydrogen (secondary N) is 1. The van der Waals surface area contributed by atoms with Gasteiger partial charge >= 0.3 is 0 Å². The van der Waals surface area contributed by atoms with Crippen LogP contribution in [0.25, 0.3) is 0 Å². The molecule has 1 unspecified atom stereocenters. The third-order valence-electron chi connectivity index (χ3n) is 8.66. The van der Waals surface area contributed by atoms with Crippen LogP contribution in [-0.2, 0) is 30.3 Å². The van der Waals surface area contributed by atoms with E-state index in [9.17, 15) is 14.4 Å². The van der Waals surface area contributed by atoms with Gasteiger partial charge in [-0.1, -0.05) is 0 Å². The first kappa shape index (κ1) is 27.0. The summed E-state index contributed by atoms with van der Waals surface area (Å²) in [6.45, 7) is 3.21. The second kappa shape index (κ2) is 11.3. The normalized spacial score (nSPS) is 26.8. The van der Waals surface area contributed by atoms with Crippen molar-refractivity contribution in [3.8, 4) is 0 Å². The van der Waals surface area contributed by atoms with Crippen molar-refractivity contribution in [2.24, 2.45) is 5.92 Å². The van der Waals surface area contributed by atoms with Crippen LogP contribution in [0.5, 0.6) is 0 Å². The second-order valence-electron chi connectivity index (χ2n) is 11.0. The van der Waals surface area contributed by atoms with E-state index in [0.717, 1.165) is 38.5 Å². The maximum atomic E-state index is 15.8. The number of halogens is 1. The highest BCUT2D eigenvalue weighted by Crippen LogP contribution is 2.38. The molecule has 1 aliphatic carbocycles. The number of fused-ring (bicyclic) bond motifs is 1. The van der Waals surface area contributed by atoms with E-state index in [-0.39, 0.29) is 49.7 Å². The van der Waals surface area contributed by atoms with Crippen molar-refractivity contribution < 1.29 is 33.0 Å². The van der Waals surface area contributed by atoms with Gasteiger partial charge in [0, 0.05) is 45.2 Å². The molecule has 1 aromatic carbocycles. The van der Waals surface area contributed by atoms with Crippen molar-refractivity contribution in [3.05, 3.63) is 28.6 Å². The number of hydrogen-bond donors (Lipinski definition) is 1. The van der Waals surface area contributed by atoms with Gasteiger partial charge in [0.15, 0.2) is 12.1 Å². The van der Waals surface area contributed by atoms with Gasteiger partial charge in [0.25, 0.3) is 5.91 Å². The molecule has 0 aromatic heterocycles. The van der Waals surface area contributed by atoms with Gasteiger partial charge < -0.3 is 24.0 Å². The lowest BCUT2D eigenvalue weighted by Gasteiger charge is -2.38. The molecule has 3 fully saturated rings. The standard InChI is InChI=1S/C28H38FN3O6/c1-16-14-22(25(29)20-15-32(27(35)24(16)20)21-8-9-23(33)30-26(21)34)31-12-10-19(11-13-31)38-18-6-4-17(5-7-18)28(36-2)37-3/h14,17-19,21,28H,4-13,15H2,1-3H3,(H,30,33,34). The fraction of sp³-hybridized carbons (Fsp3) is 0.679. The van der Waals surface area contributed by atoms with Crippen molar-refractivity contribution >= 4 is 23.4 Å². The second-order valence-corrected chi connectivity index (χ2v) is 11.0. The largest absolute Gasteiger partial charge is 0.375 e. The minimum absolute atomic E-state index is 0.0379. The summed E-state index contributed by atoms with van der Waals surface area (Å²) < 4.78 is 33.1. The Kier molecular flexibility index (Phi) is 8.02. The van der Waals surface area contributed by atoms with E-state index >= 15 is 4.39 Å². The van der Waals surface area contributed by atoms with Crippen LogP contribution >= 0.6 is 0 Å². The van der Waals surface area contributed by atoms with E-state index < -0.39 is 17.8 Å². The van der Waals surface area contributed by atoms with Gasteiger partial charge in [0.05, 0.1) is 30.0 Å². The maximum Gasteiger partial charge on any atom is 0.255 e. The molecule has 3 heterocycles. The number of rotatable bonds is 7. The number of ether oxygens (including phenoxy) is 3. The molecular formula is C28H38FN3O6. The molecule has 0 bridgehead atoms. The van der Waals surface area contributed by atoms with Gasteiger partial charge in [-0.2, -0.15) is 0 Å². The summed E-state index contributed by atoms with van der Waals surface area (Å²) in [4.78, 5) is 40.5. The minimum Gasteiger partial charge on any atom is -0.375 e. The zero-order chi connectivity index (χ0) is 27.0. The summed E-state index contributed by atoms with van der Waals surface area (Å²) in [6, 6.07) is 0.998. The number of carbonyl (C=O) groups is 3. The smallest absolute Gasteiger partial charge is 0.255 e. The number of anilines is 1. The number of piperidine rings is 2. The van der Waals surface area contributed by atoms with Crippen LogP contribution in [0.3, 0.4) is 0 Å². The van der Waals surface area contributed by atoms with E-state index in [1.165, 1.54) is 4.90 Å². The molecule has 38 heavy (non-hydrogen) atoms. The zero-order valence-corrected chi connectivity index (χ0v) is 22.5. The first-order valence-corrected chi connectivity index (χ1v) is 13.7. The lowest BCUT2D eigenvalue weighted by molar-refractivity contribution is -0.153. The van der Waals surface area contributed by atoms with Crippen molar-refractivity contribution in [1.29, 1.82) is 0 Å². The van der Waals surface area contributed by atoms with Gasteiger partial charge in [-0.25, -0.2) is 4.39 Å². The molecule has 0 spiro atoms. The summed E-state index contributed by atoms with van der Waals surface area (Å²) >= 11 is 0. The van der Waals surface area contributed by atoms with E-state index in [0.29, 0.717) is 41.4 Å². The number of methoxy groups -OCH3 is 2. The lowest BCUT2D eigenvalue weighted by atomic mass is 9.86. The Morgan fingerprint density at radius 1 is 0.974 bits per heavy atom. The predicted octanol–water partition coefficient (Wildman–Crippen LogP) is 3.06. The topological polar surface area (TPSA) is 97.4 Å². The number of aryl methyl sites for hydroxylation is 1. The van der Waals surface area contributed by atoms with Crippen LogP contribution < -0.4 is 10.2 Å². The Balaban J connectivity index is 1.19. The van der Waals surface area contributed by atoms with Crippen molar-refractivity contribution in [2.75, 3.05) is 32.2 Å². The lowest BCUT2D eigenvalue weighted by Crippen LogP contribution is -2.52. The van der Waals surface area contributed by atoms with Crippen molar-refractivity contribution in [1.82, 2.24) is 10.2 Å². The van der Waals surface area contributed by atoms with Crippen LogP contribution in [0.2, 0.25) is 0 Å². The van der Waals surface area contributed by atoms with E-state index in [1.54, 1.807) is 20.3 Å². The first-order chi connectivity index (χ1) is 18.3. The molecule has 1 saturated carbocycles. The summed E-state index contributed by atoms with van der Waals surface area (Å²) in [5, 5.41) is 2.29. The maximum absolute atomic E-state index is 15.8. The molecule has 3 aliphatic heterocycles. The fourth-order valence-electron chi connectivity index (χ4n) is 6.62. The van der Waals surface area contributed by atoms with Crippen LogP contribution in [0.15, 0.2) is 6.07 Å². The fourth-order valence-corrected chi connectivity index (χ4v) is 6.62. The molecule has 10 heteroatoms. The Hall–Kier alpha value is -2.56. The average molecular weight is 532 g/mol. The number of nitrogens with zero attached hydrogens (tertiary/aromatic N) is 2. The SMILES string of the molecule is COC(OC)C1CCC(OC2CCN(c3cc(C)c4c(c3F)CN(C3CCC(=O)NC3=O)C4=O)CC2)CC1. The molecule has 1 aromatic rings. The molecular weight excluding hydrogens is 493 g/mol. The van der Waals surface area contributed by atoms with Crippen LogP contribution in [0.1, 0.15) is 72.9 Å². The summed E-state index contributed by atoms with van der Waals surface area (Å²) in [5.41, 5.74) is 1.89. The highest BCUT2D eigenvalue weighted by atomic mass is 19.1. The molecule has 1 N–H and O–H groups in total. The highest BCUT2D eigenvalue weighted by molar-refractivity contribution is 6.06. The summed E-state index contributed by atoms with van der Waals surface area (Å²) in [6.07, 6.45) is 6.30. The van der Waals surface area contributed by atoms with E-state index in [4.69, 9.17) is 14.2 Å². The average Bonchev–Trinajstić information content (AvgIpc) is 3.26. The van der Waals surface area contributed by atoms with E-state index in [1.807, 2.05) is 11.8 Å². The molecule has 0 radical (unpaired) electrons. The Morgan fingerprint density at radius 3 is 2.26 bits per heavy atom. The van der Waals surface area contributed by atoms with Gasteiger partial charge in [0.1, 0.15) is 6.04 Å². The summed E-state index contributed by atoms with van der Waals surface area (Å²) in [7, 11) is 3.37. The number of imide groups is 1. The number of amides is 3. The first-order valence-electron chi connectivity index (χ1n) is 13.7.